The summed E-state index contributed by atoms with van der Waals surface area (Å²) in [5.74, 6) is 1.06. The number of ether oxygens (including phenoxy) is 1. The summed E-state index contributed by atoms with van der Waals surface area (Å²) in [4.78, 5) is 0. The number of benzene rings is 1. The molecule has 1 aromatic carbocycles. The molecule has 1 rings (SSSR count). The topological polar surface area (TPSA) is 9.23 Å². The lowest BCUT2D eigenvalue weighted by Crippen LogP contribution is -2.13. The average Bonchev–Trinajstić information content (AvgIpc) is 2.33. The van der Waals surface area contributed by atoms with Gasteiger partial charge in [0.25, 0.3) is 0 Å². The van der Waals surface area contributed by atoms with Crippen LogP contribution < -0.4 is 4.74 Å². The largest absolute Gasteiger partial charge is 0.488 e. The highest BCUT2D eigenvalue weighted by molar-refractivity contribution is 14.1. The highest BCUT2D eigenvalue weighted by Gasteiger charge is 2.11. The Morgan fingerprint density at radius 1 is 1.00 bits per heavy atom. The van der Waals surface area contributed by atoms with E-state index in [2.05, 4.69) is 93.8 Å². The van der Waals surface area contributed by atoms with Crippen molar-refractivity contribution < 1.29 is 4.74 Å². The van der Waals surface area contributed by atoms with E-state index in [1.807, 2.05) is 0 Å². The van der Waals surface area contributed by atoms with Gasteiger partial charge in [0.1, 0.15) is 5.75 Å². The summed E-state index contributed by atoms with van der Waals surface area (Å²) in [6, 6.07) is 4.35. The van der Waals surface area contributed by atoms with E-state index < -0.39 is 0 Å². The lowest BCUT2D eigenvalue weighted by molar-refractivity contribution is 0.203. The predicted molar refractivity (Wildman–Crippen MR) is 108 cm³/mol. The lowest BCUT2D eigenvalue weighted by atomic mass is 10.1. The molecule has 0 spiro atoms. The van der Waals surface area contributed by atoms with Crippen LogP contribution in [0.15, 0.2) is 12.1 Å². The molecule has 0 saturated heterocycles. The molecule has 4 heteroatoms. The van der Waals surface area contributed by atoms with Gasteiger partial charge in [0.05, 0.1) is 13.2 Å². The van der Waals surface area contributed by atoms with Crippen molar-refractivity contribution in [2.75, 3.05) is 0 Å². The normalized spacial score (nSPS) is 12.5. The van der Waals surface area contributed by atoms with E-state index in [1.165, 1.54) is 42.8 Å². The maximum absolute atomic E-state index is 6.12. The van der Waals surface area contributed by atoms with E-state index in [1.54, 1.807) is 0 Å². The summed E-state index contributed by atoms with van der Waals surface area (Å²) in [5.41, 5.74) is 0. The van der Waals surface area contributed by atoms with Crippen molar-refractivity contribution >= 4 is 67.8 Å². The van der Waals surface area contributed by atoms with Gasteiger partial charge in [-0.05, 0) is 99.7 Å². The fourth-order valence-electron chi connectivity index (χ4n) is 1.94. The van der Waals surface area contributed by atoms with Crippen LogP contribution in [0.25, 0.3) is 0 Å². The van der Waals surface area contributed by atoms with Crippen molar-refractivity contribution in [2.45, 2.75) is 58.5 Å². The van der Waals surface area contributed by atoms with Crippen LogP contribution in [-0.4, -0.2) is 6.10 Å². The van der Waals surface area contributed by atoms with Crippen LogP contribution in [0.4, 0.5) is 0 Å². The predicted octanol–water partition coefficient (Wildman–Crippen LogP) is 6.63. The third kappa shape index (κ3) is 7.15. The molecule has 0 heterocycles. The molecule has 0 aliphatic carbocycles. The zero-order valence-corrected chi connectivity index (χ0v) is 18.0. The summed E-state index contributed by atoms with van der Waals surface area (Å²) >= 11 is 7.08. The Balaban J connectivity index is 2.42. The Morgan fingerprint density at radius 2 is 1.58 bits per heavy atom. The van der Waals surface area contributed by atoms with Gasteiger partial charge in [-0.3, -0.25) is 0 Å². The molecule has 0 saturated carbocycles. The summed E-state index contributed by atoms with van der Waals surface area (Å²) in [5, 5.41) is 0. The van der Waals surface area contributed by atoms with Gasteiger partial charge in [0.2, 0.25) is 0 Å². The molecule has 108 valence electrons. The molecule has 0 radical (unpaired) electrons. The first-order valence-electron chi connectivity index (χ1n) is 6.85. The van der Waals surface area contributed by atoms with Gasteiger partial charge in [-0.15, -0.1) is 0 Å². The second kappa shape index (κ2) is 10.0. The monoisotopic (exact) mass is 598 g/mol. The fraction of sp³-hybridized carbons (Fsp3) is 0.600. The number of rotatable bonds is 8. The number of halogens is 3. The zero-order valence-electron chi connectivity index (χ0n) is 11.5. The Kier molecular flexibility index (Phi) is 9.63. The second-order valence-electron chi connectivity index (χ2n) is 4.83. The van der Waals surface area contributed by atoms with E-state index in [9.17, 15) is 0 Å². The minimum absolute atomic E-state index is 0.309. The maximum Gasteiger partial charge on any atom is 0.146 e. The Morgan fingerprint density at radius 3 is 2.16 bits per heavy atom. The highest BCUT2D eigenvalue weighted by atomic mass is 127. The molecule has 1 aromatic rings. The smallest absolute Gasteiger partial charge is 0.146 e. The van der Waals surface area contributed by atoms with Crippen molar-refractivity contribution in [3.05, 3.63) is 22.8 Å². The van der Waals surface area contributed by atoms with Crippen LogP contribution in [-0.2, 0) is 0 Å². The molecule has 0 fully saturated rings. The molecule has 19 heavy (non-hydrogen) atoms. The summed E-state index contributed by atoms with van der Waals surface area (Å²) in [6.07, 6.45) is 8.11. The van der Waals surface area contributed by atoms with Crippen molar-refractivity contribution in [1.82, 2.24) is 0 Å². The van der Waals surface area contributed by atoms with Crippen molar-refractivity contribution in [1.29, 1.82) is 0 Å². The van der Waals surface area contributed by atoms with Gasteiger partial charge in [-0.25, -0.2) is 0 Å². The van der Waals surface area contributed by atoms with Crippen LogP contribution in [0.2, 0.25) is 0 Å². The van der Waals surface area contributed by atoms with Crippen LogP contribution >= 0.6 is 67.8 Å². The molecule has 0 bridgehead atoms. The first kappa shape index (κ1) is 18.3. The van der Waals surface area contributed by atoms with Crippen LogP contribution in [0.5, 0.6) is 5.75 Å². The van der Waals surface area contributed by atoms with E-state index in [-0.39, 0.29) is 0 Å². The molecule has 1 atom stereocenters. The first-order valence-corrected chi connectivity index (χ1v) is 10.1. The summed E-state index contributed by atoms with van der Waals surface area (Å²) in [6.45, 7) is 4.44. The van der Waals surface area contributed by atoms with E-state index in [4.69, 9.17) is 4.74 Å². The molecule has 0 aliphatic rings. The minimum atomic E-state index is 0.309. The van der Waals surface area contributed by atoms with Gasteiger partial charge >= 0.3 is 0 Å². The fourth-order valence-corrected chi connectivity index (χ4v) is 5.77. The molecule has 1 unspecified atom stereocenters. The first-order chi connectivity index (χ1) is 9.04. The van der Waals surface area contributed by atoms with Crippen molar-refractivity contribution in [3.63, 3.8) is 0 Å². The zero-order chi connectivity index (χ0) is 14.3. The van der Waals surface area contributed by atoms with Crippen LogP contribution in [0.3, 0.4) is 0 Å². The number of hydrogen-bond donors (Lipinski definition) is 0. The number of unbranched alkanes of at least 4 members (excludes halogenated alkanes) is 4. The minimum Gasteiger partial charge on any atom is -0.488 e. The third-order valence-corrected chi connectivity index (χ3v) is 5.22. The molecule has 0 aliphatic heterocycles. The average molecular weight is 598 g/mol. The quantitative estimate of drug-likeness (QED) is 0.242. The van der Waals surface area contributed by atoms with Crippen LogP contribution in [0, 0.1) is 10.7 Å². The van der Waals surface area contributed by atoms with Crippen molar-refractivity contribution in [2.24, 2.45) is 0 Å². The van der Waals surface area contributed by atoms with E-state index in [0.29, 0.717) is 6.10 Å². The Labute approximate surface area is 158 Å². The third-order valence-electron chi connectivity index (χ3n) is 3.00. The standard InChI is InChI=1S/C15H21I3O/c1-3-4-5-6-7-8-11(2)19-15-13(17)9-12(16)10-14(15)18/h9-11H,3-8H2,1-2H3. The van der Waals surface area contributed by atoms with E-state index in [0.717, 1.165) is 12.2 Å². The second-order valence-corrected chi connectivity index (χ2v) is 8.40. The van der Waals surface area contributed by atoms with Gasteiger partial charge in [0.15, 0.2) is 0 Å². The maximum atomic E-state index is 6.12. The summed E-state index contributed by atoms with van der Waals surface area (Å²) in [7, 11) is 0. The Hall–Kier alpha value is 1.21. The molecule has 0 aromatic heterocycles. The highest BCUT2D eigenvalue weighted by Crippen LogP contribution is 2.30. The Bertz CT molecular complexity index is 370. The van der Waals surface area contributed by atoms with Crippen LogP contribution in [0.1, 0.15) is 52.4 Å². The SMILES string of the molecule is CCCCCCCC(C)Oc1c(I)cc(I)cc1I. The van der Waals surface area contributed by atoms with Crippen molar-refractivity contribution in [3.8, 4) is 5.75 Å². The lowest BCUT2D eigenvalue weighted by Gasteiger charge is -2.17. The molecular weight excluding hydrogens is 577 g/mol. The molecule has 1 nitrogen and oxygen atoms in total. The number of hydrogen-bond acceptors (Lipinski definition) is 1. The molecule has 0 amide bonds. The van der Waals surface area contributed by atoms with Gasteiger partial charge < -0.3 is 4.74 Å². The molecule has 0 N–H and O–H groups in total. The van der Waals surface area contributed by atoms with E-state index >= 15 is 0 Å². The van der Waals surface area contributed by atoms with Gasteiger partial charge in [0, 0.05) is 3.57 Å². The van der Waals surface area contributed by atoms with Gasteiger partial charge in [-0.1, -0.05) is 32.6 Å². The van der Waals surface area contributed by atoms with Gasteiger partial charge in [-0.2, -0.15) is 0 Å². The summed E-state index contributed by atoms with van der Waals surface area (Å²) < 4.78 is 9.82. The molecular formula is C15H21I3O.